The van der Waals surface area contributed by atoms with Crippen LogP contribution in [0.2, 0.25) is 0 Å². The molecule has 1 fully saturated rings. The Morgan fingerprint density at radius 3 is 2.41 bits per heavy atom. The number of imidazole rings is 1. The normalized spacial score (nSPS) is 13.6. The number of fused-ring (bicyclic) bond motifs is 1. The molecule has 0 bridgehead atoms. The largest absolute Gasteiger partial charge is 0.486 e. The summed E-state index contributed by atoms with van der Waals surface area (Å²) in [7, 11) is 0. The summed E-state index contributed by atoms with van der Waals surface area (Å²) < 4.78 is 8.04. The van der Waals surface area contributed by atoms with Crippen LogP contribution >= 0.6 is 0 Å². The van der Waals surface area contributed by atoms with Crippen molar-refractivity contribution in [1.82, 2.24) is 19.2 Å². The zero-order valence-electron chi connectivity index (χ0n) is 21.2. The summed E-state index contributed by atoms with van der Waals surface area (Å²) in [6, 6.07) is 21.6. The molecule has 0 radical (unpaired) electrons. The van der Waals surface area contributed by atoms with Gasteiger partial charge in [0.1, 0.15) is 18.0 Å². The predicted octanol–water partition coefficient (Wildman–Crippen LogP) is 4.53. The number of amides is 2. The Morgan fingerprint density at radius 1 is 0.892 bits per heavy atom. The van der Waals surface area contributed by atoms with Crippen LogP contribution in [0.5, 0.6) is 5.75 Å². The number of nitrogens with zero attached hydrogens (tertiary/aromatic N) is 4. The quantitative estimate of drug-likeness (QED) is 0.360. The van der Waals surface area contributed by atoms with E-state index in [2.05, 4.69) is 17.1 Å². The maximum Gasteiger partial charge on any atom is 0.257 e. The molecular formula is C30H32N4O3. The number of hydrogen-bond donors (Lipinski definition) is 0. The van der Waals surface area contributed by atoms with Crippen molar-refractivity contribution in [3.8, 4) is 5.75 Å². The average Bonchev–Trinajstić information content (AvgIpc) is 3.37. The molecule has 0 unspecified atom stereocenters. The number of para-hydroxylation sites is 1. The van der Waals surface area contributed by atoms with Crippen molar-refractivity contribution < 1.29 is 14.3 Å². The van der Waals surface area contributed by atoms with Crippen LogP contribution in [0.1, 0.15) is 40.0 Å². The van der Waals surface area contributed by atoms with Crippen molar-refractivity contribution in [1.29, 1.82) is 0 Å². The highest BCUT2D eigenvalue weighted by atomic mass is 16.5. The van der Waals surface area contributed by atoms with Gasteiger partial charge in [-0.2, -0.15) is 0 Å². The van der Waals surface area contributed by atoms with E-state index in [1.807, 2.05) is 82.0 Å². The highest BCUT2D eigenvalue weighted by molar-refractivity contribution is 5.97. The van der Waals surface area contributed by atoms with Crippen LogP contribution in [-0.4, -0.2) is 57.2 Å². The second kappa shape index (κ2) is 11.3. The molecule has 0 N–H and O–H groups in total. The summed E-state index contributed by atoms with van der Waals surface area (Å²) in [5.41, 5.74) is 4.58. The number of aryl methyl sites for hydroxylation is 2. The number of carbonyl (C=O) groups is 2. The summed E-state index contributed by atoms with van der Waals surface area (Å²) >= 11 is 0. The van der Waals surface area contributed by atoms with Crippen LogP contribution in [0.15, 0.2) is 79.1 Å². The van der Waals surface area contributed by atoms with Crippen molar-refractivity contribution in [2.75, 3.05) is 26.2 Å². The number of piperazine rings is 1. The van der Waals surface area contributed by atoms with Crippen molar-refractivity contribution in [3.05, 3.63) is 102 Å². The monoisotopic (exact) mass is 496 g/mol. The number of carbonyl (C=O) groups excluding carboxylic acids is 2. The van der Waals surface area contributed by atoms with E-state index in [4.69, 9.17) is 4.74 Å². The lowest BCUT2D eigenvalue weighted by Gasteiger charge is -2.35. The molecule has 1 aliphatic rings. The minimum Gasteiger partial charge on any atom is -0.486 e. The molecule has 1 aliphatic heterocycles. The van der Waals surface area contributed by atoms with Crippen LogP contribution in [-0.2, 0) is 17.8 Å². The molecule has 37 heavy (non-hydrogen) atoms. The van der Waals surface area contributed by atoms with Crippen molar-refractivity contribution in [2.24, 2.45) is 0 Å². The Morgan fingerprint density at radius 2 is 1.62 bits per heavy atom. The smallest absolute Gasteiger partial charge is 0.257 e. The van der Waals surface area contributed by atoms with Gasteiger partial charge in [0.15, 0.2) is 0 Å². The number of ether oxygens (including phenoxy) is 1. The first-order valence-corrected chi connectivity index (χ1v) is 12.8. The molecule has 2 aromatic carbocycles. The van der Waals surface area contributed by atoms with E-state index < -0.39 is 0 Å². The average molecular weight is 497 g/mol. The lowest BCUT2D eigenvalue weighted by Crippen LogP contribution is -2.50. The number of rotatable bonds is 8. The lowest BCUT2D eigenvalue weighted by molar-refractivity contribution is -0.132. The van der Waals surface area contributed by atoms with Crippen molar-refractivity contribution in [2.45, 2.75) is 32.8 Å². The standard InChI is InChI=1S/C30H32N4O3/c1-23-9-8-16-34-21-25(31-29(23)34)22-37-27-14-6-5-13-26(27)30(36)33-19-17-32(18-20-33)28(35)15-7-12-24-10-3-2-4-11-24/h2-6,8-11,13-14,16,21H,7,12,15,17-20,22H2,1H3. The number of benzene rings is 2. The molecule has 2 amide bonds. The SMILES string of the molecule is Cc1cccn2cc(COc3ccccc3C(=O)N3CCN(C(=O)CCCc4ccccc4)CC3)nc12. The molecule has 2 aromatic heterocycles. The summed E-state index contributed by atoms with van der Waals surface area (Å²) in [6.07, 6.45) is 6.17. The van der Waals surface area contributed by atoms with E-state index in [0.717, 1.165) is 29.7 Å². The van der Waals surface area contributed by atoms with Gasteiger partial charge < -0.3 is 18.9 Å². The van der Waals surface area contributed by atoms with E-state index in [-0.39, 0.29) is 18.4 Å². The van der Waals surface area contributed by atoms with E-state index >= 15 is 0 Å². The zero-order chi connectivity index (χ0) is 25.6. The van der Waals surface area contributed by atoms with Crippen molar-refractivity contribution in [3.63, 3.8) is 0 Å². The molecule has 0 aliphatic carbocycles. The Kier molecular flexibility index (Phi) is 7.49. The minimum atomic E-state index is -0.0716. The second-order valence-corrected chi connectivity index (χ2v) is 9.45. The summed E-state index contributed by atoms with van der Waals surface area (Å²) in [5, 5.41) is 0. The molecule has 4 aromatic rings. The molecule has 0 saturated carbocycles. The van der Waals surface area contributed by atoms with E-state index in [9.17, 15) is 9.59 Å². The Labute approximate surface area is 217 Å². The van der Waals surface area contributed by atoms with Gasteiger partial charge in [-0.3, -0.25) is 9.59 Å². The number of pyridine rings is 1. The first kappa shape index (κ1) is 24.6. The Bertz CT molecular complexity index is 1370. The summed E-state index contributed by atoms with van der Waals surface area (Å²) in [4.78, 5) is 34.4. The molecule has 3 heterocycles. The van der Waals surface area contributed by atoms with Gasteiger partial charge in [0, 0.05) is 45.0 Å². The fourth-order valence-corrected chi connectivity index (χ4v) is 4.77. The third-order valence-corrected chi connectivity index (χ3v) is 6.84. The van der Waals surface area contributed by atoms with Gasteiger partial charge in [0.25, 0.3) is 5.91 Å². The molecule has 0 spiro atoms. The van der Waals surface area contributed by atoms with Crippen molar-refractivity contribution >= 4 is 17.5 Å². The van der Waals surface area contributed by atoms with Crippen LogP contribution in [0.3, 0.4) is 0 Å². The maximum absolute atomic E-state index is 13.3. The van der Waals surface area contributed by atoms with Crippen LogP contribution in [0.4, 0.5) is 0 Å². The van der Waals surface area contributed by atoms with E-state index in [1.54, 1.807) is 6.07 Å². The van der Waals surface area contributed by atoms with E-state index in [1.165, 1.54) is 5.56 Å². The van der Waals surface area contributed by atoms with Gasteiger partial charge in [-0.1, -0.05) is 48.5 Å². The lowest BCUT2D eigenvalue weighted by atomic mass is 10.1. The molecule has 1 saturated heterocycles. The summed E-state index contributed by atoms with van der Waals surface area (Å²) in [6.45, 7) is 4.45. The maximum atomic E-state index is 13.3. The second-order valence-electron chi connectivity index (χ2n) is 9.45. The van der Waals surface area contributed by atoms with Gasteiger partial charge >= 0.3 is 0 Å². The van der Waals surface area contributed by atoms with E-state index in [0.29, 0.717) is 43.9 Å². The van der Waals surface area contributed by atoms with Gasteiger partial charge in [0.05, 0.1) is 11.3 Å². The third kappa shape index (κ3) is 5.82. The zero-order valence-corrected chi connectivity index (χ0v) is 21.2. The Hall–Kier alpha value is -4.13. The first-order valence-electron chi connectivity index (χ1n) is 12.8. The molecule has 7 heteroatoms. The minimum absolute atomic E-state index is 0.0716. The van der Waals surface area contributed by atoms with Gasteiger partial charge in [-0.25, -0.2) is 4.98 Å². The number of aromatic nitrogens is 2. The predicted molar refractivity (Wildman–Crippen MR) is 143 cm³/mol. The molecule has 5 rings (SSSR count). The first-order chi connectivity index (χ1) is 18.1. The molecule has 190 valence electrons. The Balaban J connectivity index is 1.14. The van der Waals surface area contributed by atoms with Crippen LogP contribution in [0, 0.1) is 6.92 Å². The third-order valence-electron chi connectivity index (χ3n) is 6.84. The summed E-state index contributed by atoms with van der Waals surface area (Å²) in [5.74, 6) is 0.632. The number of hydrogen-bond acceptors (Lipinski definition) is 4. The van der Waals surface area contributed by atoms with Gasteiger partial charge in [-0.15, -0.1) is 0 Å². The topological polar surface area (TPSA) is 67.2 Å². The fourth-order valence-electron chi connectivity index (χ4n) is 4.77. The molecule has 7 nitrogen and oxygen atoms in total. The fraction of sp³-hybridized carbons (Fsp3) is 0.300. The van der Waals surface area contributed by atoms with Gasteiger partial charge in [-0.05, 0) is 49.1 Å². The van der Waals surface area contributed by atoms with Gasteiger partial charge in [0.2, 0.25) is 5.91 Å². The highest BCUT2D eigenvalue weighted by Gasteiger charge is 2.26. The molecule has 0 atom stereocenters. The van der Waals surface area contributed by atoms with Crippen LogP contribution in [0.25, 0.3) is 5.65 Å². The molecular weight excluding hydrogens is 464 g/mol. The van der Waals surface area contributed by atoms with Crippen LogP contribution < -0.4 is 4.74 Å². The highest BCUT2D eigenvalue weighted by Crippen LogP contribution is 2.22.